The van der Waals surface area contributed by atoms with Crippen molar-refractivity contribution in [1.82, 2.24) is 8.75 Å². The van der Waals surface area contributed by atoms with Crippen LogP contribution in [-0.4, -0.2) is 8.75 Å². The average Bonchev–Trinajstić information content (AvgIpc) is 3.90. The molecule has 9 aromatic carbocycles. The summed E-state index contributed by atoms with van der Waals surface area (Å²) in [5.41, 5.74) is 16.5. The molecule has 0 atom stereocenters. The van der Waals surface area contributed by atoms with Crippen molar-refractivity contribution < 1.29 is 0 Å². The second-order valence-electron chi connectivity index (χ2n) is 15.8. The van der Waals surface area contributed by atoms with E-state index in [2.05, 4.69) is 107 Å². The van der Waals surface area contributed by atoms with Gasteiger partial charge in [0.2, 0.25) is 0 Å². The number of para-hydroxylation sites is 4. The minimum atomic E-state index is 0.572. The molecule has 0 fully saturated rings. The van der Waals surface area contributed by atoms with Gasteiger partial charge in [-0.25, -0.2) is 0 Å². The van der Waals surface area contributed by atoms with Crippen LogP contribution in [0.2, 0.25) is 0 Å². The lowest BCUT2D eigenvalue weighted by molar-refractivity contribution is 1.28. The second-order valence-corrected chi connectivity index (χ2v) is 16.3. The maximum Gasteiger partial charge on any atom is 0.113 e. The van der Waals surface area contributed by atoms with Gasteiger partial charge in [-0.1, -0.05) is 158 Å². The first-order valence-electron chi connectivity index (χ1n) is 21.8. The number of allylic oxidation sites excluding steroid dienone is 2. The molecule has 6 nitrogen and oxygen atoms in total. The first-order valence-corrected chi connectivity index (χ1v) is 22.6. The highest BCUT2D eigenvalue weighted by molar-refractivity contribution is 7.00. The molecular formula is C60H40N6S. The third kappa shape index (κ3) is 9.00. The minimum Gasteiger partial charge on any atom is -0.311 e. The third-order valence-corrected chi connectivity index (χ3v) is 12.2. The molecule has 10 aromatic rings. The Hall–Kier alpha value is -9.14. The lowest BCUT2D eigenvalue weighted by atomic mass is 9.95. The van der Waals surface area contributed by atoms with Gasteiger partial charge in [0.1, 0.15) is 11.0 Å². The molecule has 0 unspecified atom stereocenters. The van der Waals surface area contributed by atoms with E-state index in [1.807, 2.05) is 158 Å². The molecule has 1 aromatic heterocycles. The van der Waals surface area contributed by atoms with Gasteiger partial charge in [0.15, 0.2) is 0 Å². The molecule has 0 amide bonds. The number of fused-ring (bicyclic) bond motifs is 1. The molecule has 0 spiro atoms. The summed E-state index contributed by atoms with van der Waals surface area (Å²) >= 11 is 1.19. The Kier molecular flexibility index (Phi) is 12.1. The smallest absolute Gasteiger partial charge is 0.113 e. The summed E-state index contributed by atoms with van der Waals surface area (Å²) in [6.45, 7) is 0. The average molecular weight is 877 g/mol. The zero-order valence-corrected chi connectivity index (χ0v) is 37.0. The van der Waals surface area contributed by atoms with E-state index in [0.717, 1.165) is 89.7 Å². The molecule has 10 rings (SSSR count). The van der Waals surface area contributed by atoms with Crippen LogP contribution < -0.4 is 9.80 Å². The number of nitriles is 2. The highest BCUT2D eigenvalue weighted by Crippen LogP contribution is 2.38. The maximum absolute atomic E-state index is 10.3. The van der Waals surface area contributed by atoms with Crippen LogP contribution >= 0.6 is 11.7 Å². The van der Waals surface area contributed by atoms with Gasteiger partial charge in [0.05, 0.1) is 35.0 Å². The van der Waals surface area contributed by atoms with Gasteiger partial charge in [-0.15, -0.1) is 0 Å². The van der Waals surface area contributed by atoms with Gasteiger partial charge >= 0.3 is 0 Å². The van der Waals surface area contributed by atoms with Gasteiger partial charge in [-0.05, 0) is 118 Å². The molecule has 316 valence electrons. The van der Waals surface area contributed by atoms with Gasteiger partial charge in [-0.3, -0.25) is 0 Å². The SMILES string of the molecule is N#C/C(=C/c1ccc(N(c2ccccc2)c2ccccc2)cc1)c1ccc(-c2ccc(-c3ccc(/C(C#N)=C\c4ccc(N(c5ccccc5)c5ccccc5)cc4)cc3)c3nsnc23)cc1. The standard InChI is InChI=1S/C60H40N6S/c61-41-49(39-43-21-33-55(34-22-43)65(51-13-5-1-6-14-51)52-15-7-2-8-16-52)45-25-29-47(30-26-45)57-37-38-58(60-59(57)63-67-64-60)48-31-27-46(28-32-48)50(42-62)40-44-23-35-56(36-24-44)66(53-17-9-3-10-18-53)54-19-11-4-12-20-54/h1-40H/b49-39-,50-40-. The first kappa shape index (κ1) is 41.8. The van der Waals surface area contributed by atoms with Crippen molar-refractivity contribution in [3.8, 4) is 34.4 Å². The van der Waals surface area contributed by atoms with Crippen molar-refractivity contribution in [3.63, 3.8) is 0 Å². The summed E-state index contributed by atoms with van der Waals surface area (Å²) in [7, 11) is 0. The van der Waals surface area contributed by atoms with E-state index in [-0.39, 0.29) is 0 Å². The van der Waals surface area contributed by atoms with Crippen molar-refractivity contribution in [1.29, 1.82) is 10.5 Å². The van der Waals surface area contributed by atoms with E-state index in [1.54, 1.807) is 0 Å². The van der Waals surface area contributed by atoms with Crippen LogP contribution in [0.5, 0.6) is 0 Å². The molecule has 0 aliphatic carbocycles. The lowest BCUT2D eigenvalue weighted by Gasteiger charge is -2.25. The highest BCUT2D eigenvalue weighted by Gasteiger charge is 2.16. The van der Waals surface area contributed by atoms with E-state index in [1.165, 1.54) is 11.7 Å². The summed E-state index contributed by atoms with van der Waals surface area (Å²) in [4.78, 5) is 4.43. The van der Waals surface area contributed by atoms with E-state index in [0.29, 0.717) is 11.1 Å². The van der Waals surface area contributed by atoms with E-state index in [4.69, 9.17) is 8.75 Å². The fraction of sp³-hybridized carbons (Fsp3) is 0. The van der Waals surface area contributed by atoms with Gasteiger partial charge in [0, 0.05) is 45.3 Å². The zero-order chi connectivity index (χ0) is 45.4. The van der Waals surface area contributed by atoms with Crippen LogP contribution in [0.15, 0.2) is 231 Å². The van der Waals surface area contributed by atoms with Crippen molar-refractivity contribution in [3.05, 3.63) is 253 Å². The van der Waals surface area contributed by atoms with E-state index in [9.17, 15) is 10.5 Å². The van der Waals surface area contributed by atoms with Gasteiger partial charge < -0.3 is 9.80 Å². The summed E-state index contributed by atoms with van der Waals surface area (Å²) in [6, 6.07) is 82.8. The molecule has 0 saturated carbocycles. The molecule has 7 heteroatoms. The Morgan fingerprint density at radius 1 is 0.358 bits per heavy atom. The molecular weight excluding hydrogens is 837 g/mol. The summed E-state index contributed by atoms with van der Waals surface area (Å²) in [5.74, 6) is 0. The van der Waals surface area contributed by atoms with Crippen LogP contribution in [0.25, 0.3) is 56.6 Å². The Labute approximate surface area is 394 Å². The number of nitrogens with zero attached hydrogens (tertiary/aromatic N) is 6. The van der Waals surface area contributed by atoms with Crippen molar-refractivity contribution >= 4 is 80.2 Å². The zero-order valence-electron chi connectivity index (χ0n) is 36.2. The molecule has 0 bridgehead atoms. The summed E-state index contributed by atoms with van der Waals surface area (Å²) in [5, 5.41) is 20.6. The van der Waals surface area contributed by atoms with Crippen LogP contribution in [-0.2, 0) is 0 Å². The molecule has 0 N–H and O–H groups in total. The Bertz CT molecular complexity index is 3120. The molecule has 0 aliphatic heterocycles. The summed E-state index contributed by atoms with van der Waals surface area (Å²) < 4.78 is 9.47. The minimum absolute atomic E-state index is 0.572. The molecule has 0 saturated heterocycles. The second kappa shape index (κ2) is 19.3. The number of hydrogen-bond acceptors (Lipinski definition) is 7. The van der Waals surface area contributed by atoms with Crippen LogP contribution in [0.3, 0.4) is 0 Å². The number of rotatable bonds is 12. The Balaban J connectivity index is 0.857. The third-order valence-electron chi connectivity index (χ3n) is 11.7. The monoisotopic (exact) mass is 876 g/mol. The quantitative estimate of drug-likeness (QED) is 0.0898. The normalized spacial score (nSPS) is 11.4. The molecule has 0 aliphatic rings. The van der Waals surface area contributed by atoms with Crippen molar-refractivity contribution in [2.75, 3.05) is 9.80 Å². The van der Waals surface area contributed by atoms with Crippen molar-refractivity contribution in [2.24, 2.45) is 0 Å². The Morgan fingerprint density at radius 3 is 0.955 bits per heavy atom. The largest absolute Gasteiger partial charge is 0.311 e. The van der Waals surface area contributed by atoms with Gasteiger partial charge in [-0.2, -0.15) is 19.3 Å². The molecule has 67 heavy (non-hydrogen) atoms. The van der Waals surface area contributed by atoms with Gasteiger partial charge in [0.25, 0.3) is 0 Å². The number of hydrogen-bond donors (Lipinski definition) is 0. The van der Waals surface area contributed by atoms with Crippen LogP contribution in [0.1, 0.15) is 22.3 Å². The highest BCUT2D eigenvalue weighted by atomic mass is 32.1. The van der Waals surface area contributed by atoms with E-state index >= 15 is 0 Å². The fourth-order valence-electron chi connectivity index (χ4n) is 8.33. The predicted molar refractivity (Wildman–Crippen MR) is 278 cm³/mol. The Morgan fingerprint density at radius 2 is 0.657 bits per heavy atom. The maximum atomic E-state index is 10.3. The summed E-state index contributed by atoms with van der Waals surface area (Å²) in [6.07, 6.45) is 3.85. The van der Waals surface area contributed by atoms with E-state index < -0.39 is 0 Å². The van der Waals surface area contributed by atoms with Crippen LogP contribution in [0.4, 0.5) is 34.1 Å². The lowest BCUT2D eigenvalue weighted by Crippen LogP contribution is -2.09. The molecule has 1 heterocycles. The number of aromatic nitrogens is 2. The number of benzene rings is 9. The number of anilines is 6. The first-order chi connectivity index (χ1) is 33.1. The van der Waals surface area contributed by atoms with Crippen molar-refractivity contribution in [2.45, 2.75) is 0 Å². The fourth-order valence-corrected chi connectivity index (χ4v) is 8.90. The topological polar surface area (TPSA) is 79.8 Å². The van der Waals surface area contributed by atoms with Crippen LogP contribution in [0, 0.1) is 22.7 Å². The predicted octanol–water partition coefficient (Wildman–Crippen LogP) is 16.1. The molecule has 0 radical (unpaired) electrons.